The lowest BCUT2D eigenvalue weighted by molar-refractivity contribution is -0.116. The number of hydrogen-bond acceptors (Lipinski definition) is 4. The van der Waals surface area contributed by atoms with Gasteiger partial charge < -0.3 is 0 Å². The highest BCUT2D eigenvalue weighted by atomic mass is 32.2. The molecule has 0 radical (unpaired) electrons. The highest BCUT2D eigenvalue weighted by Gasteiger charge is 2.15. The minimum Gasteiger partial charge on any atom is -0.298 e. The molecule has 1 amide bonds. The van der Waals surface area contributed by atoms with Gasteiger partial charge >= 0.3 is 0 Å². The molecule has 0 saturated carbocycles. The number of para-hydroxylation sites is 2. The van der Waals surface area contributed by atoms with E-state index in [1.54, 1.807) is 0 Å². The van der Waals surface area contributed by atoms with E-state index in [0.717, 1.165) is 21.6 Å². The van der Waals surface area contributed by atoms with Crippen LogP contribution in [0.25, 0.3) is 10.9 Å². The maximum Gasteiger partial charge on any atom is 0.238 e. The Morgan fingerprint density at radius 1 is 1.04 bits per heavy atom. The standard InChI is InChI=1S/C19H15N3OS/c20-12-13-22(16-7-2-1-3-8-16)19(23)14-24-18-11-10-15-6-4-5-9-17(15)21-18/h1-11H,13-14H2. The predicted molar refractivity (Wildman–Crippen MR) is 96.9 cm³/mol. The third kappa shape index (κ3) is 3.73. The van der Waals surface area contributed by atoms with Crippen LogP contribution in [0, 0.1) is 11.3 Å². The van der Waals surface area contributed by atoms with Crippen LogP contribution in [-0.2, 0) is 4.79 Å². The van der Waals surface area contributed by atoms with Gasteiger partial charge in [0.2, 0.25) is 5.91 Å². The number of aromatic nitrogens is 1. The van der Waals surface area contributed by atoms with Crippen molar-refractivity contribution in [3.05, 3.63) is 66.7 Å². The van der Waals surface area contributed by atoms with Crippen LogP contribution in [-0.4, -0.2) is 23.2 Å². The van der Waals surface area contributed by atoms with Crippen LogP contribution in [0.1, 0.15) is 0 Å². The molecule has 0 atom stereocenters. The Hall–Kier alpha value is -2.84. The summed E-state index contributed by atoms with van der Waals surface area (Å²) in [5.41, 5.74) is 1.64. The minimum atomic E-state index is -0.109. The molecule has 0 saturated heterocycles. The van der Waals surface area contributed by atoms with Gasteiger partial charge in [-0.2, -0.15) is 5.26 Å². The Kier molecular flexibility index (Phi) is 5.09. The molecule has 4 nitrogen and oxygen atoms in total. The first-order valence-corrected chi connectivity index (χ1v) is 8.47. The van der Waals surface area contributed by atoms with Crippen LogP contribution < -0.4 is 4.90 Å². The van der Waals surface area contributed by atoms with Gasteiger partial charge in [0.15, 0.2) is 0 Å². The highest BCUT2D eigenvalue weighted by molar-refractivity contribution is 7.99. The van der Waals surface area contributed by atoms with Crippen molar-refractivity contribution in [3.8, 4) is 6.07 Å². The minimum absolute atomic E-state index is 0.0363. The fourth-order valence-corrected chi connectivity index (χ4v) is 3.10. The molecular weight excluding hydrogens is 318 g/mol. The number of fused-ring (bicyclic) bond motifs is 1. The number of amides is 1. The summed E-state index contributed by atoms with van der Waals surface area (Å²) >= 11 is 1.38. The molecule has 0 unspecified atom stereocenters. The molecule has 3 aromatic rings. The summed E-state index contributed by atoms with van der Waals surface area (Å²) in [5, 5.41) is 10.9. The van der Waals surface area contributed by atoms with E-state index in [4.69, 9.17) is 5.26 Å². The van der Waals surface area contributed by atoms with Crippen molar-refractivity contribution in [1.29, 1.82) is 5.26 Å². The summed E-state index contributed by atoms with van der Waals surface area (Å²) in [5.74, 6) is 0.129. The SMILES string of the molecule is N#CCN(C(=O)CSc1ccc2ccccc2n1)c1ccccc1. The molecule has 0 bridgehead atoms. The molecule has 0 aliphatic heterocycles. The Morgan fingerprint density at radius 2 is 1.79 bits per heavy atom. The van der Waals surface area contributed by atoms with Gasteiger partial charge in [0.25, 0.3) is 0 Å². The average Bonchev–Trinajstić information content (AvgIpc) is 2.64. The zero-order valence-electron chi connectivity index (χ0n) is 12.9. The molecule has 1 aromatic heterocycles. The summed E-state index contributed by atoms with van der Waals surface area (Å²) in [6.07, 6.45) is 0. The van der Waals surface area contributed by atoms with Gasteiger partial charge in [-0.1, -0.05) is 54.2 Å². The van der Waals surface area contributed by atoms with Crippen molar-refractivity contribution in [3.63, 3.8) is 0 Å². The molecule has 24 heavy (non-hydrogen) atoms. The van der Waals surface area contributed by atoms with E-state index < -0.39 is 0 Å². The van der Waals surface area contributed by atoms with E-state index in [0.29, 0.717) is 0 Å². The number of thioether (sulfide) groups is 1. The normalized spacial score (nSPS) is 10.3. The van der Waals surface area contributed by atoms with E-state index in [-0.39, 0.29) is 18.2 Å². The Labute approximate surface area is 144 Å². The van der Waals surface area contributed by atoms with Gasteiger partial charge in [0.05, 0.1) is 22.4 Å². The van der Waals surface area contributed by atoms with E-state index in [2.05, 4.69) is 4.98 Å². The Balaban J connectivity index is 1.71. The lowest BCUT2D eigenvalue weighted by Gasteiger charge is -2.19. The fourth-order valence-electron chi connectivity index (χ4n) is 2.34. The number of anilines is 1. The van der Waals surface area contributed by atoms with Gasteiger partial charge in [0, 0.05) is 11.1 Å². The second kappa shape index (κ2) is 7.62. The van der Waals surface area contributed by atoms with Crippen molar-refractivity contribution in [2.24, 2.45) is 0 Å². The van der Waals surface area contributed by atoms with Crippen molar-refractivity contribution >= 4 is 34.3 Å². The number of nitriles is 1. The number of carbonyl (C=O) groups excluding carboxylic acids is 1. The Bertz CT molecular complexity index is 890. The molecule has 0 N–H and O–H groups in total. The second-order valence-electron chi connectivity index (χ2n) is 5.10. The number of carbonyl (C=O) groups is 1. The molecular formula is C19H15N3OS. The topological polar surface area (TPSA) is 57.0 Å². The molecule has 0 fully saturated rings. The third-order valence-corrected chi connectivity index (χ3v) is 4.43. The van der Waals surface area contributed by atoms with E-state index in [9.17, 15) is 4.79 Å². The third-order valence-electron chi connectivity index (χ3n) is 3.51. The predicted octanol–water partition coefficient (Wildman–Crippen LogP) is 3.88. The number of nitrogens with zero attached hydrogens (tertiary/aromatic N) is 3. The molecule has 5 heteroatoms. The van der Waals surface area contributed by atoms with E-state index in [1.165, 1.54) is 16.7 Å². The van der Waals surface area contributed by atoms with E-state index in [1.807, 2.05) is 72.8 Å². The molecule has 0 spiro atoms. The first-order valence-electron chi connectivity index (χ1n) is 7.49. The quantitative estimate of drug-likeness (QED) is 0.525. The highest BCUT2D eigenvalue weighted by Crippen LogP contribution is 2.21. The van der Waals surface area contributed by atoms with Gasteiger partial charge in [-0.3, -0.25) is 9.69 Å². The lowest BCUT2D eigenvalue weighted by Crippen LogP contribution is -2.32. The maximum atomic E-state index is 12.5. The van der Waals surface area contributed by atoms with E-state index >= 15 is 0 Å². The smallest absolute Gasteiger partial charge is 0.238 e. The van der Waals surface area contributed by atoms with Gasteiger partial charge in [-0.15, -0.1) is 0 Å². The molecule has 2 aromatic carbocycles. The summed E-state index contributed by atoms with van der Waals surface area (Å²) in [4.78, 5) is 18.5. The van der Waals surface area contributed by atoms with Crippen LogP contribution >= 0.6 is 11.8 Å². The number of hydrogen-bond donors (Lipinski definition) is 0. The zero-order valence-corrected chi connectivity index (χ0v) is 13.7. The van der Waals surface area contributed by atoms with Crippen molar-refractivity contribution < 1.29 is 4.79 Å². The monoisotopic (exact) mass is 333 g/mol. The van der Waals surface area contributed by atoms with Gasteiger partial charge in [-0.25, -0.2) is 4.98 Å². The average molecular weight is 333 g/mol. The molecule has 1 heterocycles. The Morgan fingerprint density at radius 3 is 2.58 bits per heavy atom. The number of pyridine rings is 1. The van der Waals surface area contributed by atoms with Crippen LogP contribution in [0.15, 0.2) is 71.8 Å². The first kappa shape index (κ1) is 16.0. The van der Waals surface area contributed by atoms with Crippen LogP contribution in [0.2, 0.25) is 0 Å². The lowest BCUT2D eigenvalue weighted by atomic mass is 10.2. The van der Waals surface area contributed by atoms with Crippen molar-refractivity contribution in [2.75, 3.05) is 17.2 Å². The fraction of sp³-hybridized carbons (Fsp3) is 0.105. The molecule has 118 valence electrons. The first-order chi connectivity index (χ1) is 11.8. The zero-order chi connectivity index (χ0) is 16.8. The van der Waals surface area contributed by atoms with Crippen molar-refractivity contribution in [2.45, 2.75) is 5.03 Å². The van der Waals surface area contributed by atoms with Crippen LogP contribution in [0.4, 0.5) is 5.69 Å². The second-order valence-corrected chi connectivity index (χ2v) is 6.10. The number of rotatable bonds is 5. The number of benzene rings is 2. The van der Waals surface area contributed by atoms with Crippen LogP contribution in [0.3, 0.4) is 0 Å². The summed E-state index contributed by atoms with van der Waals surface area (Å²) in [6.45, 7) is 0.0363. The summed E-state index contributed by atoms with van der Waals surface area (Å²) < 4.78 is 0. The van der Waals surface area contributed by atoms with Gasteiger partial charge in [-0.05, 0) is 24.3 Å². The van der Waals surface area contributed by atoms with Crippen LogP contribution in [0.5, 0.6) is 0 Å². The molecule has 0 aliphatic rings. The summed E-state index contributed by atoms with van der Waals surface area (Å²) in [7, 11) is 0. The maximum absolute atomic E-state index is 12.5. The molecule has 3 rings (SSSR count). The molecule has 0 aliphatic carbocycles. The largest absolute Gasteiger partial charge is 0.298 e. The van der Waals surface area contributed by atoms with Crippen molar-refractivity contribution in [1.82, 2.24) is 4.98 Å². The summed E-state index contributed by atoms with van der Waals surface area (Å²) in [6, 6.07) is 23.1. The van der Waals surface area contributed by atoms with Gasteiger partial charge in [0.1, 0.15) is 6.54 Å².